The first-order chi connectivity index (χ1) is 27.7. The number of carbonyl (C=O) groups excluding carboxylic acids is 4. The van der Waals surface area contributed by atoms with Gasteiger partial charge >= 0.3 is 23.9 Å². The topological polar surface area (TPSA) is 161 Å². The molecule has 0 spiro atoms. The first-order valence-corrected chi connectivity index (χ1v) is 18.8. The Kier molecular flexibility index (Phi) is 15.7. The van der Waals surface area contributed by atoms with E-state index in [1.165, 1.54) is 17.6 Å². The summed E-state index contributed by atoms with van der Waals surface area (Å²) in [4.78, 5) is 52.8. The zero-order valence-corrected chi connectivity index (χ0v) is 32.2. The minimum atomic E-state index is -0.601. The van der Waals surface area contributed by atoms with Crippen LogP contribution in [0.3, 0.4) is 0 Å². The van der Waals surface area contributed by atoms with Crippen LogP contribution in [0.2, 0.25) is 5.02 Å². The summed E-state index contributed by atoms with van der Waals surface area (Å²) in [6.45, 7) is 7.82. The van der Waals surface area contributed by atoms with Crippen LogP contribution < -0.4 is 19.6 Å². The average molecular weight is 812 g/mol. The molecule has 15 heteroatoms. The molecular weight excluding hydrogens is 774 g/mol. The third-order valence-corrected chi connectivity index (χ3v) is 8.91. The van der Waals surface area contributed by atoms with Crippen LogP contribution in [0.25, 0.3) is 10.2 Å². The van der Waals surface area contributed by atoms with Gasteiger partial charge in [-0.15, -0.1) is 0 Å². The van der Waals surface area contributed by atoms with Crippen LogP contribution in [0.4, 0.5) is 5.13 Å². The van der Waals surface area contributed by atoms with Crippen molar-refractivity contribution in [2.45, 2.75) is 19.3 Å². The number of thiazole rings is 1. The minimum absolute atomic E-state index is 0.0805. The Hall–Kier alpha value is -6.51. The number of halogens is 1. The van der Waals surface area contributed by atoms with E-state index in [9.17, 15) is 19.2 Å². The SMILES string of the molecule is C=CC(=O)OCCCOc1ccc(C(=O)OCCc2ccc(OC(=O)c3ccc(OCCCOC(=O)C=C)cc3)c(/C=N/Nc3nc4cc(Cl)ccc4s3)c2)cc1. The molecule has 1 aromatic heterocycles. The summed E-state index contributed by atoms with van der Waals surface area (Å²) in [5.74, 6) is -0.751. The van der Waals surface area contributed by atoms with Crippen molar-refractivity contribution in [1.29, 1.82) is 0 Å². The van der Waals surface area contributed by atoms with Gasteiger partial charge in [-0.1, -0.05) is 42.2 Å². The van der Waals surface area contributed by atoms with Crippen molar-refractivity contribution in [3.05, 3.63) is 138 Å². The maximum Gasteiger partial charge on any atom is 0.343 e. The Morgan fingerprint density at radius 1 is 0.719 bits per heavy atom. The van der Waals surface area contributed by atoms with E-state index in [1.54, 1.807) is 78.9 Å². The van der Waals surface area contributed by atoms with Gasteiger partial charge in [0.1, 0.15) is 17.2 Å². The average Bonchev–Trinajstić information content (AvgIpc) is 3.63. The van der Waals surface area contributed by atoms with Gasteiger partial charge in [0.15, 0.2) is 0 Å². The lowest BCUT2D eigenvalue weighted by molar-refractivity contribution is -0.138. The van der Waals surface area contributed by atoms with Gasteiger partial charge in [0.05, 0.1) is 60.6 Å². The van der Waals surface area contributed by atoms with Gasteiger partial charge in [-0.3, -0.25) is 5.43 Å². The highest BCUT2D eigenvalue weighted by molar-refractivity contribution is 7.22. The minimum Gasteiger partial charge on any atom is -0.493 e. The summed E-state index contributed by atoms with van der Waals surface area (Å²) in [5, 5.41) is 5.46. The molecule has 0 amide bonds. The number of aromatic nitrogens is 1. The molecule has 0 saturated heterocycles. The normalized spacial score (nSPS) is 10.8. The largest absolute Gasteiger partial charge is 0.493 e. The van der Waals surface area contributed by atoms with E-state index < -0.39 is 23.9 Å². The van der Waals surface area contributed by atoms with Gasteiger partial charge < -0.3 is 28.4 Å². The number of nitrogens with zero attached hydrogens (tertiary/aromatic N) is 2. The smallest absolute Gasteiger partial charge is 0.343 e. The molecule has 0 atom stereocenters. The molecule has 1 heterocycles. The molecular formula is C42H38ClN3O10S. The van der Waals surface area contributed by atoms with Crippen LogP contribution >= 0.6 is 22.9 Å². The fourth-order valence-electron chi connectivity index (χ4n) is 4.89. The van der Waals surface area contributed by atoms with Crippen LogP contribution in [0.15, 0.2) is 115 Å². The molecule has 0 unspecified atom stereocenters. The number of rotatable bonds is 21. The Morgan fingerprint density at radius 2 is 1.33 bits per heavy atom. The molecule has 0 bridgehead atoms. The third kappa shape index (κ3) is 13.3. The lowest BCUT2D eigenvalue weighted by Crippen LogP contribution is -2.11. The number of anilines is 1. The summed E-state index contributed by atoms with van der Waals surface area (Å²) in [5.41, 5.74) is 5.57. The molecule has 5 aromatic rings. The zero-order chi connectivity index (χ0) is 40.4. The van der Waals surface area contributed by atoms with E-state index in [0.717, 1.165) is 27.9 Å². The summed E-state index contributed by atoms with van der Waals surface area (Å²) in [6.07, 6.45) is 5.06. The van der Waals surface area contributed by atoms with Crippen molar-refractivity contribution >= 4 is 68.4 Å². The van der Waals surface area contributed by atoms with Crippen molar-refractivity contribution in [3.8, 4) is 17.2 Å². The quantitative estimate of drug-likeness (QED) is 0.0145. The van der Waals surface area contributed by atoms with Gasteiger partial charge in [0.2, 0.25) is 5.13 Å². The fraction of sp³-hybridized carbons (Fsp3) is 0.190. The van der Waals surface area contributed by atoms with Gasteiger partial charge in [-0.2, -0.15) is 5.10 Å². The lowest BCUT2D eigenvalue weighted by atomic mass is 10.1. The maximum atomic E-state index is 13.2. The summed E-state index contributed by atoms with van der Waals surface area (Å²) >= 11 is 7.51. The summed E-state index contributed by atoms with van der Waals surface area (Å²) in [7, 11) is 0. The zero-order valence-electron chi connectivity index (χ0n) is 30.6. The second-order valence-electron chi connectivity index (χ2n) is 11.8. The van der Waals surface area contributed by atoms with Crippen LogP contribution in [-0.2, 0) is 30.2 Å². The van der Waals surface area contributed by atoms with Crippen LogP contribution in [0.1, 0.15) is 44.7 Å². The fourth-order valence-corrected chi connectivity index (χ4v) is 5.85. The maximum absolute atomic E-state index is 13.2. The number of nitrogens with one attached hydrogen (secondary N) is 1. The summed E-state index contributed by atoms with van der Waals surface area (Å²) < 4.78 is 33.4. The molecule has 5 rings (SSSR count). The molecule has 4 aromatic carbocycles. The van der Waals surface area contributed by atoms with Crippen molar-refractivity contribution in [3.63, 3.8) is 0 Å². The van der Waals surface area contributed by atoms with Gasteiger partial charge in [0.25, 0.3) is 0 Å². The highest BCUT2D eigenvalue weighted by Gasteiger charge is 2.14. The number of hydrazone groups is 1. The van der Waals surface area contributed by atoms with Crippen molar-refractivity contribution in [1.82, 2.24) is 4.98 Å². The number of carbonyl (C=O) groups is 4. The van der Waals surface area contributed by atoms with Gasteiger partial charge in [0, 0.05) is 42.0 Å². The Balaban J connectivity index is 1.19. The van der Waals surface area contributed by atoms with Gasteiger partial charge in [-0.05, 0) is 84.4 Å². The Labute approximate surface area is 337 Å². The van der Waals surface area contributed by atoms with E-state index in [4.69, 9.17) is 40.0 Å². The van der Waals surface area contributed by atoms with Crippen molar-refractivity contribution < 1.29 is 47.6 Å². The molecule has 1 N–H and O–H groups in total. The highest BCUT2D eigenvalue weighted by atomic mass is 35.5. The molecule has 13 nitrogen and oxygen atoms in total. The van der Waals surface area contributed by atoms with Crippen LogP contribution in [0.5, 0.6) is 17.2 Å². The van der Waals surface area contributed by atoms with E-state index in [2.05, 4.69) is 28.7 Å². The number of benzene rings is 4. The molecule has 0 aliphatic carbocycles. The van der Waals surface area contributed by atoms with Crippen LogP contribution in [-0.4, -0.2) is 68.1 Å². The predicted octanol–water partition coefficient (Wildman–Crippen LogP) is 8.01. The van der Waals surface area contributed by atoms with Crippen molar-refractivity contribution in [2.75, 3.05) is 38.5 Å². The number of hydrogen-bond donors (Lipinski definition) is 1. The number of fused-ring (bicyclic) bond motifs is 1. The van der Waals surface area contributed by atoms with Crippen LogP contribution in [0, 0.1) is 0 Å². The van der Waals surface area contributed by atoms with Gasteiger partial charge in [-0.25, -0.2) is 24.2 Å². The second-order valence-corrected chi connectivity index (χ2v) is 13.3. The molecule has 57 heavy (non-hydrogen) atoms. The second kappa shape index (κ2) is 21.5. The number of ether oxygens (including phenoxy) is 6. The van der Waals surface area contributed by atoms with Crippen molar-refractivity contribution in [2.24, 2.45) is 5.10 Å². The monoisotopic (exact) mass is 811 g/mol. The Morgan fingerprint density at radius 3 is 1.95 bits per heavy atom. The molecule has 294 valence electrons. The molecule has 0 saturated carbocycles. The molecule has 0 aliphatic rings. The predicted molar refractivity (Wildman–Crippen MR) is 217 cm³/mol. The van der Waals surface area contributed by atoms with E-state index in [0.29, 0.717) is 70.8 Å². The summed E-state index contributed by atoms with van der Waals surface area (Å²) in [6, 6.07) is 23.6. The molecule has 0 radical (unpaired) electrons. The first-order valence-electron chi connectivity index (χ1n) is 17.6. The molecule has 0 fully saturated rings. The Bertz CT molecular complexity index is 2220. The molecule has 0 aliphatic heterocycles. The highest BCUT2D eigenvalue weighted by Crippen LogP contribution is 2.28. The number of hydrogen-bond acceptors (Lipinski definition) is 14. The third-order valence-electron chi connectivity index (χ3n) is 7.73. The number of esters is 4. The van der Waals surface area contributed by atoms with E-state index >= 15 is 0 Å². The van der Waals surface area contributed by atoms with E-state index in [1.807, 2.05) is 6.07 Å². The lowest BCUT2D eigenvalue weighted by Gasteiger charge is -2.11. The first kappa shape index (κ1) is 41.6. The van der Waals surface area contributed by atoms with E-state index in [-0.39, 0.29) is 25.6 Å². The standard InChI is InChI=1S/C42H38ClN3O10S/c1-3-38(47)53-22-5-20-51-33-13-8-29(9-14-33)40(49)55-24-19-28-7-17-36(31(25-28)27-44-46-42-45-35-26-32(43)12-18-37(35)57-42)56-41(50)30-10-15-34(16-11-30)52-21-6-23-54-39(48)4-2/h3-4,7-18,25-27H,1-2,5-6,19-24H2,(H,45,46)/b44-27+.